The fraction of sp³-hybridized carbons (Fsp3) is 0.300. The van der Waals surface area contributed by atoms with Gasteiger partial charge in [0.15, 0.2) is 0 Å². The van der Waals surface area contributed by atoms with Gasteiger partial charge in [-0.15, -0.1) is 0 Å². The van der Waals surface area contributed by atoms with Crippen LogP contribution in [0.4, 0.5) is 5.69 Å². The number of fused-ring (bicyclic) bond motifs is 1. The summed E-state index contributed by atoms with van der Waals surface area (Å²) in [6.07, 6.45) is 7.21. The second-order valence-corrected chi connectivity index (χ2v) is 5.42. The van der Waals surface area contributed by atoms with E-state index in [1.807, 2.05) is 52.0 Å². The highest BCUT2D eigenvalue weighted by Gasteiger charge is 2.09. The van der Waals surface area contributed by atoms with Gasteiger partial charge in [-0.3, -0.25) is 9.97 Å². The van der Waals surface area contributed by atoms with E-state index in [-0.39, 0.29) is 0 Å². The molecule has 2 aromatic rings. The summed E-state index contributed by atoms with van der Waals surface area (Å²) in [5.74, 6) is 0. The van der Waals surface area contributed by atoms with Crippen LogP contribution in [0.5, 0.6) is 0 Å². The van der Waals surface area contributed by atoms with Crippen molar-refractivity contribution in [1.29, 1.82) is 0 Å². The molecule has 4 heteroatoms. The molecule has 0 saturated heterocycles. The van der Waals surface area contributed by atoms with Crippen LogP contribution in [0.15, 0.2) is 55.7 Å². The van der Waals surface area contributed by atoms with Gasteiger partial charge in [-0.05, 0) is 36.9 Å². The Bertz CT molecular complexity index is 744. The van der Waals surface area contributed by atoms with Gasteiger partial charge in [-0.2, -0.15) is 0 Å². The van der Waals surface area contributed by atoms with E-state index < -0.39 is 0 Å². The highest BCUT2D eigenvalue weighted by Crippen LogP contribution is 2.28. The zero-order chi connectivity index (χ0) is 18.3. The Morgan fingerprint density at radius 1 is 1.08 bits per heavy atom. The second-order valence-electron chi connectivity index (χ2n) is 5.42. The Hall–Kier alpha value is -2.62. The lowest BCUT2D eigenvalue weighted by atomic mass is 10.0. The molecule has 0 radical (unpaired) electrons. The van der Waals surface area contributed by atoms with Gasteiger partial charge in [0.05, 0.1) is 11.0 Å². The van der Waals surface area contributed by atoms with Crippen molar-refractivity contribution in [3.05, 3.63) is 61.2 Å². The third-order valence-corrected chi connectivity index (χ3v) is 3.61. The van der Waals surface area contributed by atoms with Crippen molar-refractivity contribution >= 4 is 22.3 Å². The number of benzene rings is 1. The molecule has 1 aromatic heterocycles. The lowest BCUT2D eigenvalue weighted by molar-refractivity contribution is 0.594. The molecule has 0 aliphatic carbocycles. The molecule has 4 nitrogen and oxygen atoms in total. The van der Waals surface area contributed by atoms with E-state index in [1.54, 1.807) is 18.6 Å². The normalized spacial score (nSPS) is 10.7. The number of likely N-dealkylation sites (N-methyl/N-ethyl adjacent to an activating group) is 1. The summed E-state index contributed by atoms with van der Waals surface area (Å²) in [5.41, 5.74) is 5.91. The van der Waals surface area contributed by atoms with Gasteiger partial charge in [-0.1, -0.05) is 27.0 Å². The zero-order valence-corrected chi connectivity index (χ0v) is 15.7. The largest absolute Gasteiger partial charge is 0.378 e. The molecule has 1 aromatic carbocycles. The molecule has 0 saturated carbocycles. The van der Waals surface area contributed by atoms with E-state index in [0.717, 1.165) is 33.6 Å². The fourth-order valence-corrected chi connectivity index (χ4v) is 2.17. The van der Waals surface area contributed by atoms with Gasteiger partial charge >= 0.3 is 0 Å². The first-order valence-corrected chi connectivity index (χ1v) is 8.09. The van der Waals surface area contributed by atoms with Crippen LogP contribution in [0.1, 0.15) is 26.3 Å². The van der Waals surface area contributed by atoms with Crippen LogP contribution >= 0.6 is 0 Å². The summed E-state index contributed by atoms with van der Waals surface area (Å²) < 4.78 is 0. The van der Waals surface area contributed by atoms with Crippen LogP contribution in [0.25, 0.3) is 16.6 Å². The van der Waals surface area contributed by atoms with E-state index in [9.17, 15) is 0 Å². The first-order chi connectivity index (χ1) is 11.4. The first-order valence-electron chi connectivity index (χ1n) is 8.09. The molecule has 128 valence electrons. The van der Waals surface area contributed by atoms with Gasteiger partial charge in [0.1, 0.15) is 0 Å². The maximum Gasteiger partial charge on any atom is 0.0963 e. The van der Waals surface area contributed by atoms with Crippen molar-refractivity contribution in [2.24, 2.45) is 0 Å². The van der Waals surface area contributed by atoms with Gasteiger partial charge in [0, 0.05) is 50.5 Å². The molecule has 0 amide bonds. The van der Waals surface area contributed by atoms with E-state index in [2.05, 4.69) is 41.0 Å². The molecule has 0 fully saturated rings. The molecule has 1 heterocycles. The van der Waals surface area contributed by atoms with E-state index in [0.29, 0.717) is 0 Å². The average molecular weight is 324 g/mol. The predicted molar refractivity (Wildman–Crippen MR) is 106 cm³/mol. The summed E-state index contributed by atoms with van der Waals surface area (Å²) in [6, 6.07) is 4.17. The highest BCUT2D eigenvalue weighted by molar-refractivity contribution is 5.91. The third kappa shape index (κ3) is 4.44. The highest BCUT2D eigenvalue weighted by atomic mass is 15.1. The summed E-state index contributed by atoms with van der Waals surface area (Å²) in [5, 5.41) is 0. The maximum absolute atomic E-state index is 4.49. The van der Waals surface area contributed by atoms with Crippen LogP contribution in [-0.4, -0.2) is 36.0 Å². The molecule has 0 N–H and O–H groups in total. The van der Waals surface area contributed by atoms with E-state index in [1.165, 1.54) is 0 Å². The quantitative estimate of drug-likeness (QED) is 0.745. The summed E-state index contributed by atoms with van der Waals surface area (Å²) in [7, 11) is 5.96. The van der Waals surface area contributed by atoms with Crippen LogP contribution in [0.2, 0.25) is 0 Å². The summed E-state index contributed by atoms with van der Waals surface area (Å²) in [4.78, 5) is 12.9. The van der Waals surface area contributed by atoms with Crippen molar-refractivity contribution in [1.82, 2.24) is 14.9 Å². The smallest absolute Gasteiger partial charge is 0.0963 e. The van der Waals surface area contributed by atoms with Crippen LogP contribution in [0.3, 0.4) is 0 Å². The number of allylic oxidation sites excluding steroid dienone is 2. The van der Waals surface area contributed by atoms with Crippen molar-refractivity contribution < 1.29 is 0 Å². The average Bonchev–Trinajstić information content (AvgIpc) is 2.61. The molecule has 0 aliphatic rings. The number of anilines is 1. The molecular formula is C20H28N4. The first kappa shape index (κ1) is 19.4. The minimum atomic E-state index is 0.875. The van der Waals surface area contributed by atoms with E-state index >= 15 is 0 Å². The van der Waals surface area contributed by atoms with Gasteiger partial charge < -0.3 is 9.80 Å². The maximum atomic E-state index is 4.49. The van der Waals surface area contributed by atoms with Gasteiger partial charge in [0.2, 0.25) is 0 Å². The Morgan fingerprint density at radius 3 is 2.29 bits per heavy atom. The van der Waals surface area contributed by atoms with E-state index in [4.69, 9.17) is 0 Å². The molecule has 0 atom stereocenters. The Balaban J connectivity index is 0.00000139. The summed E-state index contributed by atoms with van der Waals surface area (Å²) >= 11 is 0. The molecule has 0 unspecified atom stereocenters. The van der Waals surface area contributed by atoms with Crippen LogP contribution in [0, 0.1) is 0 Å². The lowest BCUT2D eigenvalue weighted by Crippen LogP contribution is -2.09. The lowest BCUT2D eigenvalue weighted by Gasteiger charge is -2.17. The zero-order valence-electron chi connectivity index (χ0n) is 15.7. The van der Waals surface area contributed by atoms with Crippen molar-refractivity contribution in [2.75, 3.05) is 26.0 Å². The molecule has 0 bridgehead atoms. The van der Waals surface area contributed by atoms with Crippen molar-refractivity contribution in [3.8, 4) is 0 Å². The SMILES string of the molecule is C=CN(C)C(=C)/C=C(\C)c1cc(N(C)C)cc2nccnc12.CC. The third-order valence-electron chi connectivity index (χ3n) is 3.61. The van der Waals surface area contributed by atoms with Crippen molar-refractivity contribution in [3.63, 3.8) is 0 Å². The number of rotatable bonds is 5. The second kappa shape index (κ2) is 8.87. The Morgan fingerprint density at radius 2 is 1.71 bits per heavy atom. The molecule has 0 spiro atoms. The standard InChI is InChI=1S/C18H22N4.C2H6/c1-7-22(6)14(3)10-13(2)16-11-15(21(4)5)12-17-18(16)20-9-8-19-17;1-2/h7-12H,1,3H2,2,4-6H3;1-2H3/b13-10+;. The minimum absolute atomic E-state index is 0.875. The minimum Gasteiger partial charge on any atom is -0.378 e. The fourth-order valence-electron chi connectivity index (χ4n) is 2.17. The number of hydrogen-bond acceptors (Lipinski definition) is 4. The Labute approximate surface area is 145 Å². The van der Waals surface area contributed by atoms with Gasteiger partial charge in [-0.25, -0.2) is 0 Å². The van der Waals surface area contributed by atoms with Crippen LogP contribution < -0.4 is 4.90 Å². The number of nitrogens with zero attached hydrogens (tertiary/aromatic N) is 4. The molecule has 2 rings (SSSR count). The predicted octanol–water partition coefficient (Wildman–Crippen LogP) is 4.71. The number of hydrogen-bond donors (Lipinski definition) is 0. The molecular weight excluding hydrogens is 296 g/mol. The van der Waals surface area contributed by atoms with Crippen LogP contribution in [-0.2, 0) is 0 Å². The molecule has 24 heavy (non-hydrogen) atoms. The number of aromatic nitrogens is 2. The van der Waals surface area contributed by atoms with Gasteiger partial charge in [0.25, 0.3) is 0 Å². The topological polar surface area (TPSA) is 32.3 Å². The van der Waals surface area contributed by atoms with Crippen molar-refractivity contribution in [2.45, 2.75) is 20.8 Å². The Kier molecular flexibility index (Phi) is 7.18. The monoisotopic (exact) mass is 324 g/mol. The summed E-state index contributed by atoms with van der Waals surface area (Å²) in [6.45, 7) is 13.9. The molecule has 0 aliphatic heterocycles.